The molecule has 2 atom stereocenters. The van der Waals surface area contributed by atoms with Crippen molar-refractivity contribution in [3.05, 3.63) is 35.7 Å². The van der Waals surface area contributed by atoms with Crippen LogP contribution in [0.3, 0.4) is 0 Å². The van der Waals surface area contributed by atoms with Gasteiger partial charge in [-0.05, 0) is 79.3 Å². The molecule has 0 bridgehead atoms. The third-order valence-electron chi connectivity index (χ3n) is 6.64. The van der Waals surface area contributed by atoms with Gasteiger partial charge in [0, 0.05) is 18.2 Å². The van der Waals surface area contributed by atoms with Gasteiger partial charge in [-0.1, -0.05) is 6.07 Å². The summed E-state index contributed by atoms with van der Waals surface area (Å²) in [5.41, 5.74) is 1.28. The fourth-order valence-electron chi connectivity index (χ4n) is 4.54. The average molecular weight is 677 g/mol. The lowest BCUT2D eigenvalue weighted by Gasteiger charge is -2.20. The van der Waals surface area contributed by atoms with Crippen molar-refractivity contribution in [1.29, 1.82) is 0 Å². The molecule has 2 aliphatic rings. The lowest BCUT2D eigenvalue weighted by atomic mass is 10.0. The molecular formula is C24H27F2IN5O4PS. The van der Waals surface area contributed by atoms with E-state index in [2.05, 4.69) is 20.6 Å². The molecule has 1 saturated carbocycles. The molecule has 1 aromatic carbocycles. The Balaban J connectivity index is 1.60. The van der Waals surface area contributed by atoms with Gasteiger partial charge in [0.2, 0.25) is 5.91 Å². The van der Waals surface area contributed by atoms with E-state index in [-0.39, 0.29) is 63.2 Å². The van der Waals surface area contributed by atoms with E-state index in [1.807, 2.05) is 35.9 Å². The van der Waals surface area contributed by atoms with Crippen LogP contribution < -0.4 is 10.6 Å². The van der Waals surface area contributed by atoms with Gasteiger partial charge in [-0.25, -0.2) is 27.2 Å². The van der Waals surface area contributed by atoms with E-state index in [9.17, 15) is 22.0 Å². The van der Waals surface area contributed by atoms with Crippen molar-refractivity contribution in [2.75, 3.05) is 16.9 Å². The van der Waals surface area contributed by atoms with Crippen LogP contribution in [-0.4, -0.2) is 40.5 Å². The molecule has 1 aliphatic carbocycles. The molecule has 14 heteroatoms. The van der Waals surface area contributed by atoms with E-state index in [0.29, 0.717) is 0 Å². The number of anilines is 3. The van der Waals surface area contributed by atoms with Gasteiger partial charge < -0.3 is 15.4 Å². The molecule has 204 valence electrons. The van der Waals surface area contributed by atoms with Crippen molar-refractivity contribution in [1.82, 2.24) is 14.3 Å². The molecule has 1 aliphatic heterocycles. The van der Waals surface area contributed by atoms with E-state index < -0.39 is 22.1 Å². The molecule has 0 radical (unpaired) electrons. The first-order valence-corrected chi connectivity index (χ1v) is 18.0. The number of hydrogen-bond acceptors (Lipinski definition) is 7. The molecule has 2 N–H and O–H groups in total. The summed E-state index contributed by atoms with van der Waals surface area (Å²) in [6.07, 6.45) is 1.11. The number of rotatable bonds is 8. The smallest absolute Gasteiger partial charge is 0.295 e. The maximum atomic E-state index is 13.8. The number of sulfone groups is 1. The number of nitrogens with zero attached hydrogens (tertiary/aromatic N) is 3. The van der Waals surface area contributed by atoms with Crippen LogP contribution in [0.5, 0.6) is 0 Å². The van der Waals surface area contributed by atoms with Crippen LogP contribution in [-0.2, 0) is 19.4 Å². The molecule has 38 heavy (non-hydrogen) atoms. The fraction of sp³-hybridized carbons (Fsp3) is 0.458. The number of amides is 1. The number of halogens is 3. The van der Waals surface area contributed by atoms with Crippen LogP contribution in [0.2, 0.25) is 0 Å². The van der Waals surface area contributed by atoms with Crippen molar-refractivity contribution in [3.8, 4) is 0 Å². The normalized spacial score (nSPS) is 19.6. The van der Waals surface area contributed by atoms with Gasteiger partial charge in [0.1, 0.15) is 11.3 Å². The first kappa shape index (κ1) is 27.6. The van der Waals surface area contributed by atoms with Crippen LogP contribution in [0.15, 0.2) is 29.2 Å². The van der Waals surface area contributed by atoms with Gasteiger partial charge in [0.15, 0.2) is 21.3 Å². The number of aromatic nitrogens is 3. The number of hydrogen-bond donors (Lipinski definition) is 2. The molecule has 3 aromatic rings. The lowest BCUT2D eigenvalue weighted by molar-refractivity contribution is -0.117. The molecule has 9 nitrogen and oxygen atoms in total. The molecule has 1 amide bonds. The van der Waals surface area contributed by atoms with Crippen LogP contribution in [0.4, 0.5) is 26.0 Å². The summed E-state index contributed by atoms with van der Waals surface area (Å²) in [5.74, 6) is -0.564. The second-order valence-electron chi connectivity index (χ2n) is 10.2. The molecule has 2 unspecified atom stereocenters. The number of nitrogens with one attached hydrogen (secondary N) is 2. The monoisotopic (exact) mass is 677 g/mol. The Kier molecular flexibility index (Phi) is 7.42. The second-order valence-corrected chi connectivity index (χ2v) is 14.3. The average Bonchev–Trinajstić information content (AvgIpc) is 3.53. The summed E-state index contributed by atoms with van der Waals surface area (Å²) in [6.45, 7) is 4.00. The van der Waals surface area contributed by atoms with Crippen molar-refractivity contribution in [3.63, 3.8) is 0 Å². The zero-order chi connectivity index (χ0) is 27.4. The number of carbonyl (C=O) groups is 1. The predicted molar refractivity (Wildman–Crippen MR) is 152 cm³/mol. The highest BCUT2D eigenvalue weighted by Crippen LogP contribution is 2.42. The Morgan fingerprint density at radius 3 is 2.53 bits per heavy atom. The number of benzene rings is 1. The first-order chi connectivity index (χ1) is 17.9. The minimum atomic E-state index is -3.69. The zero-order valence-electron chi connectivity index (χ0n) is 20.9. The third kappa shape index (κ3) is 5.66. The van der Waals surface area contributed by atoms with E-state index in [0.717, 1.165) is 37.5 Å². The maximum absolute atomic E-state index is 13.8. The van der Waals surface area contributed by atoms with Crippen LogP contribution in [0, 0.1) is 5.92 Å². The highest BCUT2D eigenvalue weighted by Gasteiger charge is 2.34. The topological polar surface area (TPSA) is 115 Å². The van der Waals surface area contributed by atoms with E-state index in [1.165, 1.54) is 10.4 Å². The number of carbonyl (C=O) groups excluding carboxylic acids is 1. The first-order valence-electron chi connectivity index (χ1n) is 12.0. The van der Waals surface area contributed by atoms with Crippen LogP contribution >= 0.6 is 28.4 Å². The quantitative estimate of drug-likeness (QED) is 0.213. The number of ether oxygens (including phenoxy) is 1. The van der Waals surface area contributed by atoms with Gasteiger partial charge >= 0.3 is 0 Å². The second kappa shape index (κ2) is 10.2. The zero-order valence-corrected chi connectivity index (χ0v) is 24.9. The minimum Gasteiger partial charge on any atom is -0.368 e. The van der Waals surface area contributed by atoms with Crippen molar-refractivity contribution in [2.45, 2.75) is 62.6 Å². The Morgan fingerprint density at radius 1 is 1.21 bits per heavy atom. The van der Waals surface area contributed by atoms with Gasteiger partial charge in [-0.3, -0.25) is 9.13 Å². The molecule has 0 spiro atoms. The predicted octanol–water partition coefficient (Wildman–Crippen LogP) is 6.29. The molecule has 3 heterocycles. The van der Waals surface area contributed by atoms with Crippen LogP contribution in [0.1, 0.15) is 63.4 Å². The van der Waals surface area contributed by atoms with E-state index in [1.54, 1.807) is 18.2 Å². The summed E-state index contributed by atoms with van der Waals surface area (Å²) >= 11 is 1.97. The van der Waals surface area contributed by atoms with Crippen molar-refractivity contribution < 1.29 is 26.7 Å². The molecule has 5 rings (SSSR count). The Morgan fingerprint density at radius 2 is 1.95 bits per heavy atom. The van der Waals surface area contributed by atoms with E-state index >= 15 is 0 Å². The summed E-state index contributed by atoms with van der Waals surface area (Å²) < 4.78 is 60.7. The number of pyridine rings is 1. The number of imidazole rings is 1. The number of alkyl halides is 2. The number of fused-ring (bicyclic) bond motifs is 1. The largest absolute Gasteiger partial charge is 0.368 e. The lowest BCUT2D eigenvalue weighted by Crippen LogP contribution is -2.17. The minimum absolute atomic E-state index is 0.0427. The van der Waals surface area contributed by atoms with Gasteiger partial charge in [-0.15, -0.1) is 0 Å². The van der Waals surface area contributed by atoms with E-state index in [4.69, 9.17) is 4.74 Å². The Hall–Kier alpha value is -1.96. The molecule has 2 fully saturated rings. The standard InChI is InChI=1S/C24H27F2IN5O4PS/c1-24(2)9-8-16(36-24)13-6-7-14(17(10-13)38(3,34)35)28-15-11-18(30-23(33)12-4-5-12)29-21-19(15)31-22(20(25)26)32(21)37-27/h6-7,10-12,16,20,37H,4-5,8-9H2,1-3H3,(H2,28,29,30,33). The molecular weight excluding hydrogens is 650 g/mol. The van der Waals surface area contributed by atoms with Crippen molar-refractivity contribution in [2.24, 2.45) is 5.92 Å². The summed E-state index contributed by atoms with van der Waals surface area (Å²) in [6, 6.07) is 6.52. The highest BCUT2D eigenvalue weighted by molar-refractivity contribution is 14.2. The van der Waals surface area contributed by atoms with Gasteiger partial charge in [-0.2, -0.15) is 0 Å². The van der Waals surface area contributed by atoms with Gasteiger partial charge in [0.05, 0.1) is 34.3 Å². The molecule has 2 aromatic heterocycles. The highest BCUT2D eigenvalue weighted by atomic mass is 127. The van der Waals surface area contributed by atoms with Crippen LogP contribution in [0.25, 0.3) is 11.2 Å². The Bertz CT molecular complexity index is 1530. The SMILES string of the molecule is CC1(C)CCC(c2ccc(Nc3cc(NC(=O)C4CC4)nc4c3nc(C(F)F)n4PI)c(S(C)(=O)=O)c2)O1. The molecule has 1 saturated heterocycles. The summed E-state index contributed by atoms with van der Waals surface area (Å²) in [4.78, 5) is 21.0. The summed E-state index contributed by atoms with van der Waals surface area (Å²) in [5, 5.41) is 5.84. The maximum Gasteiger partial charge on any atom is 0.295 e. The van der Waals surface area contributed by atoms with Crippen molar-refractivity contribution >= 4 is 72.5 Å². The fourth-order valence-corrected chi connectivity index (χ4v) is 7.30. The third-order valence-corrected chi connectivity index (χ3v) is 9.83. The summed E-state index contributed by atoms with van der Waals surface area (Å²) in [7, 11) is -3.69. The van der Waals surface area contributed by atoms with Gasteiger partial charge in [0.25, 0.3) is 6.43 Å². The Labute approximate surface area is 233 Å².